The summed E-state index contributed by atoms with van der Waals surface area (Å²) in [6.07, 6.45) is 1.12. The Morgan fingerprint density at radius 3 is 2.45 bits per heavy atom. The first-order valence-corrected chi connectivity index (χ1v) is 9.96. The predicted molar refractivity (Wildman–Crippen MR) is 115 cm³/mol. The fourth-order valence-corrected chi connectivity index (χ4v) is 2.95. The molecule has 29 heavy (non-hydrogen) atoms. The first-order chi connectivity index (χ1) is 13.8. The van der Waals surface area contributed by atoms with Crippen LogP contribution in [0.3, 0.4) is 0 Å². The van der Waals surface area contributed by atoms with E-state index in [4.69, 9.17) is 27.9 Å². The predicted octanol–water partition coefficient (Wildman–Crippen LogP) is 4.65. The minimum Gasteiger partial charge on any atom is -0.479 e. The first-order valence-electron chi connectivity index (χ1n) is 9.20. The zero-order valence-corrected chi connectivity index (χ0v) is 17.6. The number of rotatable bonds is 7. The van der Waals surface area contributed by atoms with E-state index in [2.05, 4.69) is 15.8 Å². The fraction of sp³-hybridized carbons (Fsp3) is 0.286. The molecule has 3 rings (SSSR count). The lowest BCUT2D eigenvalue weighted by Gasteiger charge is -2.14. The monoisotopic (exact) mass is 433 g/mol. The SMILES string of the molecule is CC(=NNC(=O)C(C)Oc1ccc(Cl)cc1Cl)c1ccc(NC(=O)C2CC2)cc1. The Morgan fingerprint density at radius 2 is 1.83 bits per heavy atom. The lowest BCUT2D eigenvalue weighted by molar-refractivity contribution is -0.127. The van der Waals surface area contributed by atoms with Gasteiger partial charge in [-0.15, -0.1) is 0 Å². The van der Waals surface area contributed by atoms with E-state index in [0.29, 0.717) is 21.5 Å². The van der Waals surface area contributed by atoms with Gasteiger partial charge in [0.2, 0.25) is 5.91 Å². The summed E-state index contributed by atoms with van der Waals surface area (Å²) in [6, 6.07) is 12.1. The number of halogens is 2. The van der Waals surface area contributed by atoms with Crippen molar-refractivity contribution < 1.29 is 14.3 Å². The number of hydrazone groups is 1. The number of nitrogens with zero attached hydrogens (tertiary/aromatic N) is 1. The van der Waals surface area contributed by atoms with Crippen LogP contribution in [0.15, 0.2) is 47.6 Å². The molecule has 0 aromatic heterocycles. The molecule has 152 valence electrons. The van der Waals surface area contributed by atoms with Crippen molar-refractivity contribution in [2.45, 2.75) is 32.8 Å². The van der Waals surface area contributed by atoms with Crippen molar-refractivity contribution in [2.75, 3.05) is 5.32 Å². The molecule has 8 heteroatoms. The van der Waals surface area contributed by atoms with Crippen LogP contribution in [-0.2, 0) is 9.59 Å². The van der Waals surface area contributed by atoms with Crippen molar-refractivity contribution in [3.63, 3.8) is 0 Å². The largest absolute Gasteiger partial charge is 0.479 e. The lowest BCUT2D eigenvalue weighted by Crippen LogP contribution is -2.34. The van der Waals surface area contributed by atoms with Crippen molar-refractivity contribution in [1.29, 1.82) is 0 Å². The molecule has 1 fully saturated rings. The summed E-state index contributed by atoms with van der Waals surface area (Å²) in [4.78, 5) is 24.0. The van der Waals surface area contributed by atoms with E-state index < -0.39 is 12.0 Å². The Hall–Kier alpha value is -2.57. The van der Waals surface area contributed by atoms with Crippen LogP contribution in [0.2, 0.25) is 10.0 Å². The second-order valence-corrected chi connectivity index (χ2v) is 7.69. The van der Waals surface area contributed by atoms with Gasteiger partial charge in [-0.1, -0.05) is 35.3 Å². The Kier molecular flexibility index (Phi) is 6.77. The molecule has 2 aromatic carbocycles. The molecule has 0 aliphatic heterocycles. The minimum absolute atomic E-state index is 0.0604. The van der Waals surface area contributed by atoms with Crippen LogP contribution in [0.1, 0.15) is 32.3 Å². The summed E-state index contributed by atoms with van der Waals surface area (Å²) in [6.45, 7) is 3.38. The summed E-state index contributed by atoms with van der Waals surface area (Å²) in [5, 5.41) is 7.81. The van der Waals surface area contributed by atoms with Gasteiger partial charge in [0, 0.05) is 16.6 Å². The molecule has 2 aromatic rings. The zero-order chi connectivity index (χ0) is 21.0. The third kappa shape index (κ3) is 5.95. The van der Waals surface area contributed by atoms with E-state index in [1.807, 2.05) is 24.3 Å². The Labute approximate surface area is 179 Å². The highest BCUT2D eigenvalue weighted by Gasteiger charge is 2.29. The van der Waals surface area contributed by atoms with E-state index in [1.165, 1.54) is 0 Å². The van der Waals surface area contributed by atoms with Gasteiger partial charge in [-0.3, -0.25) is 9.59 Å². The zero-order valence-electron chi connectivity index (χ0n) is 16.0. The van der Waals surface area contributed by atoms with Gasteiger partial charge < -0.3 is 10.1 Å². The fourth-order valence-electron chi connectivity index (χ4n) is 2.49. The van der Waals surface area contributed by atoms with Crippen LogP contribution >= 0.6 is 23.2 Å². The van der Waals surface area contributed by atoms with E-state index in [1.54, 1.807) is 32.0 Å². The van der Waals surface area contributed by atoms with Crippen molar-refractivity contribution in [1.82, 2.24) is 5.43 Å². The molecule has 2 N–H and O–H groups in total. The molecular formula is C21H21Cl2N3O3. The van der Waals surface area contributed by atoms with Crippen LogP contribution in [0, 0.1) is 5.92 Å². The normalized spacial score (nSPS) is 14.8. The van der Waals surface area contributed by atoms with Gasteiger partial charge in [0.05, 0.1) is 10.7 Å². The highest BCUT2D eigenvalue weighted by atomic mass is 35.5. The third-order valence-electron chi connectivity index (χ3n) is 4.42. The second-order valence-electron chi connectivity index (χ2n) is 6.85. The van der Waals surface area contributed by atoms with Gasteiger partial charge in [-0.05, 0) is 62.6 Å². The van der Waals surface area contributed by atoms with Crippen molar-refractivity contribution >= 4 is 46.4 Å². The van der Waals surface area contributed by atoms with Crippen LogP contribution in [0.25, 0.3) is 0 Å². The molecule has 1 atom stereocenters. The Bertz CT molecular complexity index is 941. The molecule has 1 unspecified atom stereocenters. The highest BCUT2D eigenvalue weighted by molar-refractivity contribution is 6.35. The highest BCUT2D eigenvalue weighted by Crippen LogP contribution is 2.30. The first kappa shape index (κ1) is 21.1. The molecule has 2 amide bonds. The minimum atomic E-state index is -0.801. The average Bonchev–Trinajstić information content (AvgIpc) is 3.54. The molecule has 6 nitrogen and oxygen atoms in total. The molecule has 0 radical (unpaired) electrons. The summed E-state index contributed by atoms with van der Waals surface area (Å²) in [7, 11) is 0. The maximum absolute atomic E-state index is 12.2. The summed E-state index contributed by atoms with van der Waals surface area (Å²) < 4.78 is 5.56. The van der Waals surface area contributed by atoms with Gasteiger partial charge in [0.15, 0.2) is 6.10 Å². The average molecular weight is 434 g/mol. The summed E-state index contributed by atoms with van der Waals surface area (Å²) in [5.41, 5.74) is 4.67. The Morgan fingerprint density at radius 1 is 1.14 bits per heavy atom. The van der Waals surface area contributed by atoms with Crippen LogP contribution in [0.5, 0.6) is 5.75 Å². The van der Waals surface area contributed by atoms with Crippen LogP contribution < -0.4 is 15.5 Å². The number of benzene rings is 2. The van der Waals surface area contributed by atoms with Crippen LogP contribution in [-0.4, -0.2) is 23.6 Å². The number of hydrogen-bond acceptors (Lipinski definition) is 4. The molecule has 0 saturated heterocycles. The number of carbonyl (C=O) groups is 2. The van der Waals surface area contributed by atoms with E-state index in [0.717, 1.165) is 24.1 Å². The number of ether oxygens (including phenoxy) is 1. The molecule has 0 bridgehead atoms. The standard InChI is InChI=1S/C21H21Cl2N3O3/c1-12(14-5-8-17(9-6-14)24-21(28)15-3-4-15)25-26-20(27)13(2)29-19-10-7-16(22)11-18(19)23/h5-11,13,15H,3-4H2,1-2H3,(H,24,28)(H,26,27). The van der Waals surface area contributed by atoms with Gasteiger partial charge in [0.1, 0.15) is 5.75 Å². The number of anilines is 1. The molecule has 1 aliphatic carbocycles. The maximum atomic E-state index is 12.2. The number of amides is 2. The Balaban J connectivity index is 1.55. The van der Waals surface area contributed by atoms with E-state index >= 15 is 0 Å². The van der Waals surface area contributed by atoms with Crippen molar-refractivity contribution in [3.05, 3.63) is 58.1 Å². The smallest absolute Gasteiger partial charge is 0.280 e. The summed E-state index contributed by atoms with van der Waals surface area (Å²) >= 11 is 11.9. The molecule has 0 heterocycles. The molecule has 1 saturated carbocycles. The van der Waals surface area contributed by atoms with Gasteiger partial charge >= 0.3 is 0 Å². The maximum Gasteiger partial charge on any atom is 0.280 e. The van der Waals surface area contributed by atoms with Gasteiger partial charge in [-0.2, -0.15) is 5.10 Å². The number of hydrogen-bond donors (Lipinski definition) is 2. The van der Waals surface area contributed by atoms with Gasteiger partial charge in [-0.25, -0.2) is 5.43 Å². The van der Waals surface area contributed by atoms with E-state index in [-0.39, 0.29) is 11.8 Å². The molecular weight excluding hydrogens is 413 g/mol. The third-order valence-corrected chi connectivity index (χ3v) is 4.95. The lowest BCUT2D eigenvalue weighted by atomic mass is 10.1. The molecule has 1 aliphatic rings. The topological polar surface area (TPSA) is 79.8 Å². The second kappa shape index (κ2) is 9.29. The van der Waals surface area contributed by atoms with Crippen molar-refractivity contribution in [2.24, 2.45) is 11.0 Å². The number of carbonyl (C=O) groups excluding carboxylic acids is 2. The van der Waals surface area contributed by atoms with E-state index in [9.17, 15) is 9.59 Å². The summed E-state index contributed by atoms with van der Waals surface area (Å²) in [5.74, 6) is 0.164. The molecule has 0 spiro atoms. The number of nitrogens with one attached hydrogen (secondary N) is 2. The quantitative estimate of drug-likeness (QED) is 0.492. The van der Waals surface area contributed by atoms with Crippen molar-refractivity contribution in [3.8, 4) is 5.75 Å². The van der Waals surface area contributed by atoms with Crippen LogP contribution in [0.4, 0.5) is 5.69 Å². The van der Waals surface area contributed by atoms with Gasteiger partial charge in [0.25, 0.3) is 5.91 Å².